The van der Waals surface area contributed by atoms with Crippen molar-refractivity contribution in [1.29, 1.82) is 0 Å². The van der Waals surface area contributed by atoms with Crippen molar-refractivity contribution < 1.29 is 9.21 Å². The van der Waals surface area contributed by atoms with Crippen LogP contribution in [0.4, 0.5) is 0 Å². The molecule has 5 nitrogen and oxygen atoms in total. The molecule has 3 N–H and O–H groups in total. The van der Waals surface area contributed by atoms with E-state index in [9.17, 15) is 4.79 Å². The van der Waals surface area contributed by atoms with Gasteiger partial charge in [-0.1, -0.05) is 19.8 Å². The lowest BCUT2D eigenvalue weighted by atomic mass is 10.1. The number of nitrogens with one attached hydrogen (secondary N) is 1. The molecule has 2 unspecified atom stereocenters. The van der Waals surface area contributed by atoms with E-state index in [1.165, 1.54) is 12.8 Å². The van der Waals surface area contributed by atoms with E-state index in [-0.39, 0.29) is 11.9 Å². The summed E-state index contributed by atoms with van der Waals surface area (Å²) in [5.41, 5.74) is 5.91. The summed E-state index contributed by atoms with van der Waals surface area (Å²) in [6, 6.07) is 3.59. The molecular weight excluding hydrogens is 266 g/mol. The highest BCUT2D eigenvalue weighted by atomic mass is 16.3. The van der Waals surface area contributed by atoms with Crippen molar-refractivity contribution in [3.8, 4) is 0 Å². The van der Waals surface area contributed by atoms with Crippen LogP contribution in [0, 0.1) is 0 Å². The lowest BCUT2D eigenvalue weighted by Gasteiger charge is -2.26. The molecule has 1 fully saturated rings. The highest BCUT2D eigenvalue weighted by molar-refractivity contribution is 5.81. The number of furan rings is 1. The topological polar surface area (TPSA) is 71.5 Å². The Morgan fingerprint density at radius 2 is 2.24 bits per heavy atom. The lowest BCUT2D eigenvalue weighted by molar-refractivity contribution is -0.122. The lowest BCUT2D eigenvalue weighted by Crippen LogP contribution is -2.44. The Bertz CT molecular complexity index is 413. The number of carbonyl (C=O) groups is 1. The van der Waals surface area contributed by atoms with Gasteiger partial charge in [0.25, 0.3) is 0 Å². The first-order chi connectivity index (χ1) is 10.2. The van der Waals surface area contributed by atoms with E-state index in [1.807, 2.05) is 12.1 Å². The predicted octanol–water partition coefficient (Wildman–Crippen LogP) is 2.05. The first kappa shape index (κ1) is 16.0. The van der Waals surface area contributed by atoms with Gasteiger partial charge in [0, 0.05) is 6.54 Å². The Kier molecular flexibility index (Phi) is 6.26. The van der Waals surface area contributed by atoms with E-state index in [0.29, 0.717) is 6.54 Å². The molecule has 1 aliphatic rings. The zero-order valence-electron chi connectivity index (χ0n) is 12.9. The Morgan fingerprint density at radius 1 is 1.48 bits per heavy atom. The second-order valence-corrected chi connectivity index (χ2v) is 5.77. The number of nitrogens with two attached hydrogens (primary N) is 1. The summed E-state index contributed by atoms with van der Waals surface area (Å²) in [7, 11) is 0. The summed E-state index contributed by atoms with van der Waals surface area (Å²) < 4.78 is 5.54. The van der Waals surface area contributed by atoms with Gasteiger partial charge < -0.3 is 15.5 Å². The van der Waals surface area contributed by atoms with Gasteiger partial charge in [0.1, 0.15) is 5.76 Å². The number of likely N-dealkylation sites (tertiary alicyclic amines) is 1. The van der Waals surface area contributed by atoms with Gasteiger partial charge in [0.15, 0.2) is 0 Å². The molecule has 0 saturated carbocycles. The zero-order valence-corrected chi connectivity index (χ0v) is 12.9. The van der Waals surface area contributed by atoms with Crippen molar-refractivity contribution in [3.63, 3.8) is 0 Å². The molecule has 0 aliphatic carbocycles. The minimum atomic E-state index is -0.402. The van der Waals surface area contributed by atoms with Crippen molar-refractivity contribution in [1.82, 2.24) is 10.2 Å². The molecule has 0 bridgehead atoms. The van der Waals surface area contributed by atoms with Crippen LogP contribution in [0.1, 0.15) is 50.8 Å². The van der Waals surface area contributed by atoms with Gasteiger partial charge in [-0.15, -0.1) is 0 Å². The standard InChI is InChI=1S/C16H27N3O2/c1-2-3-7-13(17)16(20)18-12-14(15-8-6-11-21-15)19-9-4-5-10-19/h6,8,11,13-14H,2-5,7,9-10,12,17H2,1H3,(H,18,20). The number of rotatable bonds is 8. The summed E-state index contributed by atoms with van der Waals surface area (Å²) in [6.07, 6.45) is 6.90. The van der Waals surface area contributed by atoms with Crippen molar-refractivity contribution in [2.45, 2.75) is 51.1 Å². The van der Waals surface area contributed by atoms with Crippen molar-refractivity contribution >= 4 is 5.91 Å². The van der Waals surface area contributed by atoms with Crippen molar-refractivity contribution in [2.75, 3.05) is 19.6 Å². The summed E-state index contributed by atoms with van der Waals surface area (Å²) in [4.78, 5) is 14.4. The van der Waals surface area contributed by atoms with Crippen LogP contribution in [0.25, 0.3) is 0 Å². The maximum atomic E-state index is 12.1. The number of hydrogen-bond acceptors (Lipinski definition) is 4. The van der Waals surface area contributed by atoms with Crippen LogP contribution in [0.15, 0.2) is 22.8 Å². The van der Waals surface area contributed by atoms with Gasteiger partial charge in [0.2, 0.25) is 5.91 Å². The molecule has 1 aromatic heterocycles. The molecule has 5 heteroatoms. The fraction of sp³-hybridized carbons (Fsp3) is 0.688. The van der Waals surface area contributed by atoms with E-state index in [1.54, 1.807) is 6.26 Å². The van der Waals surface area contributed by atoms with E-state index >= 15 is 0 Å². The number of carbonyl (C=O) groups excluding carboxylic acids is 1. The van der Waals surface area contributed by atoms with E-state index < -0.39 is 6.04 Å². The summed E-state index contributed by atoms with van der Waals surface area (Å²) in [6.45, 7) is 4.78. The predicted molar refractivity (Wildman–Crippen MR) is 82.8 cm³/mol. The van der Waals surface area contributed by atoms with E-state index in [0.717, 1.165) is 38.1 Å². The van der Waals surface area contributed by atoms with Gasteiger partial charge in [-0.2, -0.15) is 0 Å². The highest BCUT2D eigenvalue weighted by Crippen LogP contribution is 2.24. The fourth-order valence-corrected chi connectivity index (χ4v) is 2.83. The van der Waals surface area contributed by atoms with Crippen LogP contribution < -0.4 is 11.1 Å². The van der Waals surface area contributed by atoms with Gasteiger partial charge >= 0.3 is 0 Å². The van der Waals surface area contributed by atoms with Crippen LogP contribution in [0.3, 0.4) is 0 Å². The van der Waals surface area contributed by atoms with Crippen LogP contribution in [0.5, 0.6) is 0 Å². The SMILES string of the molecule is CCCCC(N)C(=O)NCC(c1ccco1)N1CCCC1. The molecule has 118 valence electrons. The summed E-state index contributed by atoms with van der Waals surface area (Å²) >= 11 is 0. The van der Waals surface area contributed by atoms with Crippen LogP contribution in [-0.4, -0.2) is 36.5 Å². The molecule has 0 spiro atoms. The first-order valence-corrected chi connectivity index (χ1v) is 8.03. The highest BCUT2D eigenvalue weighted by Gasteiger charge is 2.26. The molecule has 21 heavy (non-hydrogen) atoms. The Labute approximate surface area is 126 Å². The third kappa shape index (κ3) is 4.58. The average molecular weight is 293 g/mol. The van der Waals surface area contributed by atoms with Crippen molar-refractivity contribution in [3.05, 3.63) is 24.2 Å². The minimum absolute atomic E-state index is 0.0563. The largest absolute Gasteiger partial charge is 0.468 e. The van der Waals surface area contributed by atoms with Crippen LogP contribution in [0.2, 0.25) is 0 Å². The Hall–Kier alpha value is -1.33. The quantitative estimate of drug-likeness (QED) is 0.769. The molecule has 1 aliphatic heterocycles. The second kappa shape index (κ2) is 8.20. The summed E-state index contributed by atoms with van der Waals surface area (Å²) in [5, 5.41) is 2.99. The molecule has 2 atom stereocenters. The van der Waals surface area contributed by atoms with Crippen LogP contribution >= 0.6 is 0 Å². The molecule has 1 saturated heterocycles. The zero-order chi connectivity index (χ0) is 15.1. The third-order valence-electron chi connectivity index (χ3n) is 4.13. The Balaban J connectivity index is 1.88. The molecule has 1 amide bonds. The fourth-order valence-electron chi connectivity index (χ4n) is 2.83. The number of unbranched alkanes of at least 4 members (excludes halogenated alkanes) is 1. The normalized spacial score (nSPS) is 18.6. The number of nitrogens with zero attached hydrogens (tertiary/aromatic N) is 1. The molecule has 2 rings (SSSR count). The van der Waals surface area contributed by atoms with Gasteiger partial charge in [-0.05, 0) is 44.5 Å². The van der Waals surface area contributed by atoms with Gasteiger partial charge in [-0.25, -0.2) is 0 Å². The maximum Gasteiger partial charge on any atom is 0.236 e. The van der Waals surface area contributed by atoms with Gasteiger partial charge in [0.05, 0.1) is 18.3 Å². The second-order valence-electron chi connectivity index (χ2n) is 5.77. The molecular formula is C16H27N3O2. The first-order valence-electron chi connectivity index (χ1n) is 8.03. The van der Waals surface area contributed by atoms with E-state index in [2.05, 4.69) is 17.1 Å². The number of hydrogen-bond donors (Lipinski definition) is 2. The average Bonchev–Trinajstić information content (AvgIpc) is 3.18. The third-order valence-corrected chi connectivity index (χ3v) is 4.13. The minimum Gasteiger partial charge on any atom is -0.468 e. The monoisotopic (exact) mass is 293 g/mol. The molecule has 0 aromatic carbocycles. The van der Waals surface area contributed by atoms with E-state index in [4.69, 9.17) is 10.2 Å². The molecule has 1 aromatic rings. The summed E-state index contributed by atoms with van der Waals surface area (Å²) in [5.74, 6) is 0.860. The molecule has 0 radical (unpaired) electrons. The van der Waals surface area contributed by atoms with Crippen LogP contribution in [-0.2, 0) is 4.79 Å². The maximum absolute atomic E-state index is 12.1. The van der Waals surface area contributed by atoms with Crippen molar-refractivity contribution in [2.24, 2.45) is 5.73 Å². The number of amides is 1. The Morgan fingerprint density at radius 3 is 2.86 bits per heavy atom. The smallest absolute Gasteiger partial charge is 0.236 e. The molecule has 2 heterocycles. The van der Waals surface area contributed by atoms with Gasteiger partial charge in [-0.3, -0.25) is 9.69 Å².